The molecule has 0 bridgehead atoms. The zero-order valence-corrected chi connectivity index (χ0v) is 14.5. The molecule has 8 heteroatoms. The Morgan fingerprint density at radius 2 is 2.08 bits per heavy atom. The number of rotatable bonds is 4. The lowest BCUT2D eigenvalue weighted by atomic mass is 10.0. The van der Waals surface area contributed by atoms with E-state index in [0.29, 0.717) is 17.4 Å². The molecule has 1 saturated carbocycles. The van der Waals surface area contributed by atoms with Gasteiger partial charge in [0.15, 0.2) is 10.8 Å². The van der Waals surface area contributed by atoms with Crippen LogP contribution in [0.15, 0.2) is 18.5 Å². The lowest BCUT2D eigenvalue weighted by Crippen LogP contribution is -2.38. The summed E-state index contributed by atoms with van der Waals surface area (Å²) in [4.78, 5) is 12.0. The topological polar surface area (TPSA) is 74.1 Å². The fourth-order valence-corrected chi connectivity index (χ4v) is 3.30. The molecule has 0 spiro atoms. The molecule has 7 nitrogen and oxygen atoms in total. The van der Waals surface area contributed by atoms with Gasteiger partial charge in [-0.25, -0.2) is 14.6 Å². The average Bonchev–Trinajstić information content (AvgIpc) is 3.35. The molecule has 126 valence electrons. The highest BCUT2D eigenvalue weighted by Gasteiger charge is 2.41. The molecular formula is C16H18ClN5O2. The summed E-state index contributed by atoms with van der Waals surface area (Å²) in [6.07, 6.45) is 7.86. The van der Waals surface area contributed by atoms with E-state index in [0.717, 1.165) is 29.9 Å². The van der Waals surface area contributed by atoms with Gasteiger partial charge in [-0.05, 0) is 37.3 Å². The van der Waals surface area contributed by atoms with Crippen LogP contribution in [0, 0.1) is 12.8 Å². The van der Waals surface area contributed by atoms with E-state index in [-0.39, 0.29) is 6.01 Å². The fraction of sp³-hybridized carbons (Fsp3) is 0.438. The first-order valence-corrected chi connectivity index (χ1v) is 8.13. The summed E-state index contributed by atoms with van der Waals surface area (Å²) < 4.78 is 12.3. The lowest BCUT2D eigenvalue weighted by Gasteiger charge is -2.33. The van der Waals surface area contributed by atoms with Crippen LogP contribution < -0.4 is 14.9 Å². The van der Waals surface area contributed by atoms with Crippen molar-refractivity contribution in [3.8, 4) is 11.9 Å². The zero-order chi connectivity index (χ0) is 16.9. The number of ether oxygens (including phenoxy) is 2. The van der Waals surface area contributed by atoms with Crippen LogP contribution in [0.4, 0.5) is 0 Å². The molecule has 0 saturated heterocycles. The molecule has 2 aliphatic rings. The fourth-order valence-electron chi connectivity index (χ4n) is 2.96. The van der Waals surface area contributed by atoms with Crippen LogP contribution in [0.3, 0.4) is 0 Å². The van der Waals surface area contributed by atoms with Crippen LogP contribution in [0.1, 0.15) is 29.9 Å². The zero-order valence-electron chi connectivity index (χ0n) is 13.7. The van der Waals surface area contributed by atoms with E-state index in [2.05, 4.69) is 20.4 Å². The molecular weight excluding hydrogens is 330 g/mol. The molecule has 1 atom stereocenters. The van der Waals surface area contributed by atoms with E-state index in [1.165, 1.54) is 7.11 Å². The maximum atomic E-state index is 6.95. The number of alkyl halides is 1. The van der Waals surface area contributed by atoms with Gasteiger partial charge in [0.1, 0.15) is 0 Å². The van der Waals surface area contributed by atoms with E-state index in [9.17, 15) is 0 Å². The number of methoxy groups -OCH3 is 2. The van der Waals surface area contributed by atoms with E-state index in [4.69, 9.17) is 21.1 Å². The van der Waals surface area contributed by atoms with Gasteiger partial charge in [-0.1, -0.05) is 11.6 Å². The predicted octanol–water partition coefficient (Wildman–Crippen LogP) is 2.44. The van der Waals surface area contributed by atoms with Crippen molar-refractivity contribution in [1.82, 2.24) is 19.6 Å². The molecule has 1 aliphatic heterocycles. The van der Waals surface area contributed by atoms with E-state index in [1.54, 1.807) is 13.3 Å². The molecule has 4 rings (SSSR count). The highest BCUT2D eigenvalue weighted by Crippen LogP contribution is 2.47. The molecule has 0 aromatic carbocycles. The van der Waals surface area contributed by atoms with Crippen molar-refractivity contribution in [3.63, 3.8) is 0 Å². The van der Waals surface area contributed by atoms with Gasteiger partial charge in [0.2, 0.25) is 5.88 Å². The smallest absolute Gasteiger partial charge is 0.319 e. The number of imidazole rings is 1. The van der Waals surface area contributed by atoms with Crippen molar-refractivity contribution < 1.29 is 9.47 Å². The third-order valence-electron chi connectivity index (χ3n) is 4.24. The van der Waals surface area contributed by atoms with Gasteiger partial charge in [0.05, 0.1) is 25.5 Å². The number of fused-ring (bicyclic) bond motifs is 1. The van der Waals surface area contributed by atoms with Gasteiger partial charge in [-0.15, -0.1) is 0 Å². The summed E-state index contributed by atoms with van der Waals surface area (Å²) in [7, 11) is 3.06. The third-order valence-corrected chi connectivity index (χ3v) is 4.64. The average molecular weight is 348 g/mol. The van der Waals surface area contributed by atoms with Crippen molar-refractivity contribution in [2.24, 2.45) is 5.92 Å². The highest BCUT2D eigenvalue weighted by atomic mass is 35.5. The Morgan fingerprint density at radius 1 is 1.29 bits per heavy atom. The number of aryl methyl sites for hydroxylation is 1. The molecule has 0 radical (unpaired) electrons. The number of allylic oxidation sites excluding steroid dienone is 1. The predicted molar refractivity (Wildman–Crippen MR) is 89.7 cm³/mol. The summed E-state index contributed by atoms with van der Waals surface area (Å²) >= 11 is 6.95. The van der Waals surface area contributed by atoms with Gasteiger partial charge in [0, 0.05) is 12.4 Å². The normalized spacial score (nSPS) is 22.4. The number of nitrogens with zero attached hydrogens (tertiary/aromatic N) is 4. The minimum absolute atomic E-state index is 0.234. The van der Waals surface area contributed by atoms with Crippen LogP contribution in [-0.2, 0) is 5.00 Å². The quantitative estimate of drug-likeness (QED) is 0.676. The van der Waals surface area contributed by atoms with Crippen LogP contribution in [0.2, 0.25) is 0 Å². The first-order valence-electron chi connectivity index (χ1n) is 7.76. The van der Waals surface area contributed by atoms with Crippen LogP contribution in [0.5, 0.6) is 11.9 Å². The standard InChI is InChI=1S/C16H18ClN5O2/c1-9-8-22-13(19-9)11(10-4-5-10)6-16(17,21-22)12-7-18-15(24-3)20-14(12)23-2/h6-8,10,21H,4-5H2,1-3H3. The van der Waals surface area contributed by atoms with Crippen LogP contribution >= 0.6 is 11.6 Å². The van der Waals surface area contributed by atoms with Gasteiger partial charge in [0.25, 0.3) is 0 Å². The SMILES string of the molecule is COc1ncc(C2(Cl)C=C(C3CC3)c3nc(C)cn3N2)c(OC)n1. The summed E-state index contributed by atoms with van der Waals surface area (Å²) in [6, 6.07) is 0.234. The van der Waals surface area contributed by atoms with E-state index in [1.807, 2.05) is 23.9 Å². The van der Waals surface area contributed by atoms with Crippen molar-refractivity contribution in [1.29, 1.82) is 0 Å². The molecule has 1 aliphatic carbocycles. The lowest BCUT2D eigenvalue weighted by molar-refractivity contribution is 0.346. The molecule has 0 amide bonds. The number of hydrogen-bond donors (Lipinski definition) is 1. The van der Waals surface area contributed by atoms with Crippen molar-refractivity contribution in [3.05, 3.63) is 35.6 Å². The van der Waals surface area contributed by atoms with E-state index < -0.39 is 5.00 Å². The number of nitrogens with one attached hydrogen (secondary N) is 1. The number of aromatic nitrogens is 4. The highest BCUT2D eigenvalue weighted by molar-refractivity contribution is 6.26. The molecule has 1 fully saturated rings. The Balaban J connectivity index is 1.84. The summed E-state index contributed by atoms with van der Waals surface area (Å²) in [5.41, 5.74) is 5.99. The monoisotopic (exact) mass is 347 g/mol. The molecule has 3 heterocycles. The first kappa shape index (κ1) is 15.3. The Morgan fingerprint density at radius 3 is 2.75 bits per heavy atom. The number of halogens is 1. The van der Waals surface area contributed by atoms with Crippen molar-refractivity contribution >= 4 is 17.2 Å². The molecule has 2 aromatic rings. The summed E-state index contributed by atoms with van der Waals surface area (Å²) in [5.74, 6) is 1.78. The number of hydrogen-bond acceptors (Lipinski definition) is 6. The summed E-state index contributed by atoms with van der Waals surface area (Å²) in [6.45, 7) is 1.96. The Kier molecular flexibility index (Phi) is 3.42. The van der Waals surface area contributed by atoms with Gasteiger partial charge >= 0.3 is 6.01 Å². The largest absolute Gasteiger partial charge is 0.481 e. The molecule has 2 aromatic heterocycles. The second kappa shape index (κ2) is 5.37. The van der Waals surface area contributed by atoms with Crippen molar-refractivity contribution in [2.75, 3.05) is 19.6 Å². The minimum Gasteiger partial charge on any atom is -0.481 e. The summed E-state index contributed by atoms with van der Waals surface area (Å²) in [5, 5.41) is 0. The van der Waals surface area contributed by atoms with Gasteiger partial charge in [-0.2, -0.15) is 4.98 Å². The Labute approximate surface area is 144 Å². The molecule has 1 unspecified atom stereocenters. The second-order valence-corrected chi connectivity index (χ2v) is 6.65. The van der Waals surface area contributed by atoms with Crippen LogP contribution in [-0.4, -0.2) is 33.8 Å². The molecule has 1 N–H and O–H groups in total. The minimum atomic E-state index is -1.02. The third kappa shape index (κ3) is 2.39. The van der Waals surface area contributed by atoms with Gasteiger partial charge in [-0.3, -0.25) is 5.43 Å². The maximum absolute atomic E-state index is 6.95. The van der Waals surface area contributed by atoms with Crippen molar-refractivity contribution in [2.45, 2.75) is 24.8 Å². The molecule has 24 heavy (non-hydrogen) atoms. The van der Waals surface area contributed by atoms with E-state index >= 15 is 0 Å². The maximum Gasteiger partial charge on any atom is 0.319 e. The Bertz CT molecular complexity index is 830. The Hall–Kier alpha value is -2.28. The van der Waals surface area contributed by atoms with Gasteiger partial charge < -0.3 is 9.47 Å². The second-order valence-electron chi connectivity index (χ2n) is 6.05. The van der Waals surface area contributed by atoms with Crippen LogP contribution in [0.25, 0.3) is 5.57 Å². The first-order chi connectivity index (χ1) is 11.5.